The third kappa shape index (κ3) is 3.46. The maximum absolute atomic E-state index is 13.5. The lowest BCUT2D eigenvalue weighted by molar-refractivity contribution is 0.0725. The normalized spacial score (nSPS) is 15.2. The van der Waals surface area contributed by atoms with Crippen LogP contribution < -0.4 is 10.2 Å². The maximum Gasteiger partial charge on any atom is 0.290 e. The molecule has 1 aliphatic heterocycles. The number of amides is 1. The second-order valence-electron chi connectivity index (χ2n) is 7.91. The Bertz CT molecular complexity index is 1340. The van der Waals surface area contributed by atoms with Gasteiger partial charge in [-0.05, 0) is 48.4 Å². The van der Waals surface area contributed by atoms with Gasteiger partial charge in [0, 0.05) is 6.54 Å². The van der Waals surface area contributed by atoms with Crippen LogP contribution in [0.25, 0.3) is 11.0 Å². The van der Waals surface area contributed by atoms with Gasteiger partial charge in [0.25, 0.3) is 5.91 Å². The Kier molecular flexibility index (Phi) is 5.23. The number of ether oxygens (including phenoxy) is 1. The van der Waals surface area contributed by atoms with Crippen LogP contribution in [0.4, 0.5) is 0 Å². The van der Waals surface area contributed by atoms with E-state index >= 15 is 0 Å². The molecule has 32 heavy (non-hydrogen) atoms. The molecule has 0 bridgehead atoms. The van der Waals surface area contributed by atoms with Gasteiger partial charge in [-0.15, -0.1) is 0 Å². The molecule has 0 aliphatic carbocycles. The van der Waals surface area contributed by atoms with E-state index in [-0.39, 0.29) is 17.1 Å². The molecule has 0 saturated carbocycles. The van der Waals surface area contributed by atoms with Crippen LogP contribution in [0.1, 0.15) is 47.5 Å². The molecule has 160 valence electrons. The Labute approximate surface area is 185 Å². The van der Waals surface area contributed by atoms with Gasteiger partial charge in [-0.2, -0.15) is 0 Å². The number of nitrogens with zero attached hydrogens (tertiary/aromatic N) is 1. The Morgan fingerprint density at radius 3 is 2.47 bits per heavy atom. The molecule has 1 aliphatic rings. The fourth-order valence-corrected chi connectivity index (χ4v) is 4.25. The maximum atomic E-state index is 13.5. The number of benzene rings is 3. The quantitative estimate of drug-likeness (QED) is 0.384. The van der Waals surface area contributed by atoms with Crippen molar-refractivity contribution in [3.63, 3.8) is 0 Å². The molecule has 1 unspecified atom stereocenters. The number of carbonyl (C=O) groups excluding carboxylic acids is 1. The molecule has 0 radical (unpaired) electrons. The largest absolute Gasteiger partial charge is 0.457 e. The molecule has 4 aromatic rings. The number of fused-ring (bicyclic) bond motifs is 2. The molecular formula is C27H23NO4. The predicted molar refractivity (Wildman–Crippen MR) is 123 cm³/mol. The van der Waals surface area contributed by atoms with E-state index in [9.17, 15) is 9.59 Å². The summed E-state index contributed by atoms with van der Waals surface area (Å²) in [5, 5.41) is 0.484. The van der Waals surface area contributed by atoms with Gasteiger partial charge in [0.15, 0.2) is 5.43 Å². The van der Waals surface area contributed by atoms with Crippen LogP contribution in [0, 0.1) is 0 Å². The molecule has 5 rings (SSSR count). The fraction of sp³-hybridized carbons (Fsp3) is 0.185. The lowest BCUT2D eigenvalue weighted by Crippen LogP contribution is -2.30. The number of carbonyl (C=O) groups is 1. The van der Waals surface area contributed by atoms with E-state index in [0.29, 0.717) is 28.8 Å². The summed E-state index contributed by atoms with van der Waals surface area (Å²) in [6, 6.07) is 23.7. The van der Waals surface area contributed by atoms with Crippen molar-refractivity contribution in [2.45, 2.75) is 25.8 Å². The van der Waals surface area contributed by atoms with Gasteiger partial charge in [-0.3, -0.25) is 9.59 Å². The van der Waals surface area contributed by atoms with E-state index in [2.05, 4.69) is 6.92 Å². The van der Waals surface area contributed by atoms with Crippen molar-refractivity contribution in [2.75, 3.05) is 6.54 Å². The summed E-state index contributed by atoms with van der Waals surface area (Å²) in [5.74, 6) is 1.27. The monoisotopic (exact) mass is 425 g/mol. The van der Waals surface area contributed by atoms with Crippen LogP contribution in [0.2, 0.25) is 0 Å². The zero-order valence-corrected chi connectivity index (χ0v) is 17.8. The highest BCUT2D eigenvalue weighted by atomic mass is 16.5. The topological polar surface area (TPSA) is 59.8 Å². The molecule has 3 aromatic carbocycles. The number of para-hydroxylation sites is 2. The minimum atomic E-state index is -0.510. The molecule has 0 fully saturated rings. The van der Waals surface area contributed by atoms with Gasteiger partial charge in [0.1, 0.15) is 17.1 Å². The lowest BCUT2D eigenvalue weighted by Gasteiger charge is -2.25. The minimum Gasteiger partial charge on any atom is -0.457 e. The first kappa shape index (κ1) is 20.1. The number of hydrogen-bond donors (Lipinski definition) is 0. The van der Waals surface area contributed by atoms with Crippen LogP contribution in [-0.2, 0) is 0 Å². The molecule has 0 N–H and O–H groups in total. The van der Waals surface area contributed by atoms with Crippen molar-refractivity contribution in [1.82, 2.24) is 4.90 Å². The smallest absolute Gasteiger partial charge is 0.290 e. The van der Waals surface area contributed by atoms with Gasteiger partial charge < -0.3 is 14.1 Å². The molecule has 1 aromatic heterocycles. The second kappa shape index (κ2) is 8.35. The van der Waals surface area contributed by atoms with Crippen molar-refractivity contribution >= 4 is 16.9 Å². The second-order valence-corrected chi connectivity index (χ2v) is 7.91. The molecule has 1 atom stereocenters. The van der Waals surface area contributed by atoms with Crippen LogP contribution in [-0.4, -0.2) is 17.4 Å². The SMILES string of the molecule is CCCCN1C(=O)c2oc3ccccc3c(=O)c2C1c1cccc(Oc2ccccc2)c1. The van der Waals surface area contributed by atoms with Crippen LogP contribution in [0.5, 0.6) is 11.5 Å². The third-order valence-corrected chi connectivity index (χ3v) is 5.78. The molecule has 0 saturated heterocycles. The Balaban J connectivity index is 1.63. The highest BCUT2D eigenvalue weighted by molar-refractivity contribution is 5.99. The van der Waals surface area contributed by atoms with E-state index in [4.69, 9.17) is 9.15 Å². The van der Waals surface area contributed by atoms with E-state index in [0.717, 1.165) is 24.2 Å². The molecule has 0 spiro atoms. The van der Waals surface area contributed by atoms with E-state index in [1.807, 2.05) is 54.6 Å². The van der Waals surface area contributed by atoms with Crippen molar-refractivity contribution in [2.24, 2.45) is 0 Å². The van der Waals surface area contributed by atoms with E-state index < -0.39 is 6.04 Å². The Hall–Kier alpha value is -3.86. The van der Waals surface area contributed by atoms with E-state index in [1.54, 1.807) is 29.2 Å². The zero-order valence-electron chi connectivity index (χ0n) is 17.8. The summed E-state index contributed by atoms with van der Waals surface area (Å²) in [5.41, 5.74) is 1.50. The summed E-state index contributed by atoms with van der Waals surface area (Å²) in [4.78, 5) is 28.5. The number of unbranched alkanes of at least 4 members (excludes halogenated alkanes) is 1. The molecule has 5 heteroatoms. The highest BCUT2D eigenvalue weighted by Crippen LogP contribution is 2.39. The molecule has 5 nitrogen and oxygen atoms in total. The van der Waals surface area contributed by atoms with Gasteiger partial charge in [0.2, 0.25) is 5.76 Å². The lowest BCUT2D eigenvalue weighted by atomic mass is 9.98. The number of rotatable bonds is 6. The first-order valence-electron chi connectivity index (χ1n) is 10.9. The number of hydrogen-bond acceptors (Lipinski definition) is 4. The van der Waals surface area contributed by atoms with Gasteiger partial charge >= 0.3 is 0 Å². The van der Waals surface area contributed by atoms with Crippen molar-refractivity contribution in [3.8, 4) is 11.5 Å². The third-order valence-electron chi connectivity index (χ3n) is 5.78. The summed E-state index contributed by atoms with van der Waals surface area (Å²) < 4.78 is 12.0. The van der Waals surface area contributed by atoms with Gasteiger partial charge in [-0.1, -0.05) is 55.8 Å². The minimum absolute atomic E-state index is 0.143. The van der Waals surface area contributed by atoms with Crippen LogP contribution in [0.15, 0.2) is 88.1 Å². The summed E-state index contributed by atoms with van der Waals surface area (Å²) >= 11 is 0. The average molecular weight is 425 g/mol. The van der Waals surface area contributed by atoms with Gasteiger partial charge in [-0.25, -0.2) is 0 Å². The van der Waals surface area contributed by atoms with Crippen molar-refractivity contribution in [3.05, 3.63) is 106 Å². The Morgan fingerprint density at radius 1 is 0.906 bits per heavy atom. The first-order chi connectivity index (χ1) is 15.7. The summed E-state index contributed by atoms with van der Waals surface area (Å²) in [7, 11) is 0. The molecule has 1 amide bonds. The Morgan fingerprint density at radius 2 is 1.66 bits per heavy atom. The highest BCUT2D eigenvalue weighted by Gasteiger charge is 2.42. The summed E-state index contributed by atoms with van der Waals surface area (Å²) in [6.45, 7) is 2.62. The van der Waals surface area contributed by atoms with Crippen LogP contribution >= 0.6 is 0 Å². The zero-order chi connectivity index (χ0) is 22.1. The average Bonchev–Trinajstić information content (AvgIpc) is 3.10. The molecule has 2 heterocycles. The van der Waals surface area contributed by atoms with Crippen molar-refractivity contribution in [1.29, 1.82) is 0 Å². The van der Waals surface area contributed by atoms with Crippen molar-refractivity contribution < 1.29 is 13.9 Å². The van der Waals surface area contributed by atoms with Gasteiger partial charge in [0.05, 0.1) is 17.0 Å². The predicted octanol–water partition coefficient (Wildman–Crippen LogP) is 5.93. The molecular weight excluding hydrogens is 402 g/mol. The first-order valence-corrected chi connectivity index (χ1v) is 10.9. The van der Waals surface area contributed by atoms with Crippen LogP contribution in [0.3, 0.4) is 0 Å². The fourth-order valence-electron chi connectivity index (χ4n) is 4.25. The van der Waals surface area contributed by atoms with E-state index in [1.165, 1.54) is 0 Å². The summed E-state index contributed by atoms with van der Waals surface area (Å²) in [6.07, 6.45) is 1.78. The standard InChI is InChI=1S/C27H23NO4/c1-2-3-16-28-24(18-10-9-13-20(17-18)31-19-11-5-4-6-12-19)23-25(29)21-14-7-8-15-22(21)32-26(23)27(28)30/h4-15,17,24H,2-3,16H2,1H3.